The van der Waals surface area contributed by atoms with Gasteiger partial charge in [-0.15, -0.1) is 0 Å². The highest BCUT2D eigenvalue weighted by Gasteiger charge is 2.22. The van der Waals surface area contributed by atoms with Crippen LogP contribution in [-0.2, 0) is 9.47 Å². The van der Waals surface area contributed by atoms with Crippen molar-refractivity contribution in [2.75, 3.05) is 26.1 Å². The Bertz CT molecular complexity index is 422. The molecule has 1 aromatic heterocycles. The minimum absolute atomic E-state index is 0.0915. The molecule has 1 saturated heterocycles. The maximum absolute atomic E-state index is 5.76. The molecule has 98 valence electrons. The average molecular weight is 268 g/mol. The summed E-state index contributed by atoms with van der Waals surface area (Å²) in [7, 11) is 0. The summed E-state index contributed by atoms with van der Waals surface area (Å²) >= 11 is 1.48. The van der Waals surface area contributed by atoms with E-state index in [0.717, 1.165) is 5.56 Å². The summed E-state index contributed by atoms with van der Waals surface area (Å²) < 4.78 is 16.0. The van der Waals surface area contributed by atoms with Crippen LogP contribution in [0.1, 0.15) is 12.5 Å². The standard InChI is InChI=1S/C12H16N2O3S/c1-3-15-5-4-9-6-13-12(18-2)14-11(9)17-10-7-16-8-10/h4-6,10H,3,7-8H2,1-2H3. The Kier molecular flexibility index (Phi) is 4.83. The third-order valence-electron chi connectivity index (χ3n) is 2.34. The van der Waals surface area contributed by atoms with Gasteiger partial charge in [0, 0.05) is 6.20 Å². The molecule has 2 rings (SSSR count). The van der Waals surface area contributed by atoms with Gasteiger partial charge in [0.05, 0.1) is 31.6 Å². The van der Waals surface area contributed by atoms with Gasteiger partial charge in [0.25, 0.3) is 0 Å². The Morgan fingerprint density at radius 3 is 3.00 bits per heavy atom. The van der Waals surface area contributed by atoms with Crippen LogP contribution in [0.2, 0.25) is 0 Å². The van der Waals surface area contributed by atoms with E-state index < -0.39 is 0 Å². The first-order valence-corrected chi connectivity index (χ1v) is 6.99. The molecule has 0 bridgehead atoms. The lowest BCUT2D eigenvalue weighted by Gasteiger charge is -2.26. The van der Waals surface area contributed by atoms with Crippen molar-refractivity contribution in [3.63, 3.8) is 0 Å². The zero-order chi connectivity index (χ0) is 12.8. The molecule has 0 N–H and O–H groups in total. The first-order valence-electron chi connectivity index (χ1n) is 5.77. The van der Waals surface area contributed by atoms with Crippen LogP contribution in [0.3, 0.4) is 0 Å². The molecule has 1 aromatic rings. The van der Waals surface area contributed by atoms with Crippen LogP contribution in [0.15, 0.2) is 17.6 Å². The number of hydrogen-bond donors (Lipinski definition) is 0. The molecule has 0 amide bonds. The molecule has 1 aliphatic rings. The van der Waals surface area contributed by atoms with E-state index in [1.165, 1.54) is 11.8 Å². The third kappa shape index (κ3) is 3.36. The van der Waals surface area contributed by atoms with Crippen LogP contribution in [0.25, 0.3) is 6.08 Å². The van der Waals surface area contributed by atoms with Gasteiger partial charge in [-0.25, -0.2) is 4.98 Å². The summed E-state index contributed by atoms with van der Waals surface area (Å²) in [6.45, 7) is 3.80. The second-order valence-corrected chi connectivity index (χ2v) is 4.43. The van der Waals surface area contributed by atoms with E-state index in [0.29, 0.717) is 30.9 Å². The third-order valence-corrected chi connectivity index (χ3v) is 2.90. The number of aromatic nitrogens is 2. The Balaban J connectivity index is 2.14. The summed E-state index contributed by atoms with van der Waals surface area (Å²) in [5.41, 5.74) is 0.813. The Morgan fingerprint density at radius 1 is 1.56 bits per heavy atom. The van der Waals surface area contributed by atoms with Gasteiger partial charge in [-0.05, 0) is 19.3 Å². The molecule has 2 heterocycles. The zero-order valence-electron chi connectivity index (χ0n) is 10.5. The summed E-state index contributed by atoms with van der Waals surface area (Å²) in [4.78, 5) is 8.58. The van der Waals surface area contributed by atoms with E-state index in [4.69, 9.17) is 14.2 Å². The van der Waals surface area contributed by atoms with E-state index in [9.17, 15) is 0 Å². The molecule has 0 atom stereocenters. The van der Waals surface area contributed by atoms with Gasteiger partial charge in [-0.3, -0.25) is 0 Å². The summed E-state index contributed by atoms with van der Waals surface area (Å²) in [5, 5.41) is 0.693. The van der Waals surface area contributed by atoms with Crippen molar-refractivity contribution < 1.29 is 14.2 Å². The minimum Gasteiger partial charge on any atom is -0.501 e. The molecule has 1 aliphatic heterocycles. The number of rotatable bonds is 6. The highest BCUT2D eigenvalue weighted by Crippen LogP contribution is 2.22. The van der Waals surface area contributed by atoms with Gasteiger partial charge in [0.2, 0.25) is 5.88 Å². The molecule has 0 radical (unpaired) electrons. The highest BCUT2D eigenvalue weighted by molar-refractivity contribution is 7.98. The van der Waals surface area contributed by atoms with Gasteiger partial charge >= 0.3 is 0 Å². The maximum atomic E-state index is 5.76. The molecule has 0 unspecified atom stereocenters. The highest BCUT2D eigenvalue weighted by atomic mass is 32.2. The van der Waals surface area contributed by atoms with Crippen molar-refractivity contribution in [1.82, 2.24) is 9.97 Å². The van der Waals surface area contributed by atoms with Crippen LogP contribution in [0, 0.1) is 0 Å². The van der Waals surface area contributed by atoms with Crippen molar-refractivity contribution in [1.29, 1.82) is 0 Å². The number of nitrogens with zero attached hydrogens (tertiary/aromatic N) is 2. The molecule has 0 spiro atoms. The maximum Gasteiger partial charge on any atom is 0.225 e. The van der Waals surface area contributed by atoms with E-state index in [1.54, 1.807) is 12.5 Å². The summed E-state index contributed by atoms with van der Waals surface area (Å²) in [6, 6.07) is 0. The number of hydrogen-bond acceptors (Lipinski definition) is 6. The monoisotopic (exact) mass is 268 g/mol. The number of thioether (sulfide) groups is 1. The van der Waals surface area contributed by atoms with Crippen LogP contribution >= 0.6 is 11.8 Å². The van der Waals surface area contributed by atoms with Gasteiger partial charge < -0.3 is 14.2 Å². The largest absolute Gasteiger partial charge is 0.501 e. The van der Waals surface area contributed by atoms with E-state index in [2.05, 4.69) is 9.97 Å². The first kappa shape index (κ1) is 13.2. The zero-order valence-corrected chi connectivity index (χ0v) is 11.3. The van der Waals surface area contributed by atoms with Crippen molar-refractivity contribution in [2.45, 2.75) is 18.2 Å². The second-order valence-electron chi connectivity index (χ2n) is 3.65. The Labute approximate surface area is 111 Å². The molecule has 0 aromatic carbocycles. The summed E-state index contributed by atoms with van der Waals surface area (Å²) in [5.74, 6) is 0.582. The van der Waals surface area contributed by atoms with Crippen molar-refractivity contribution in [2.24, 2.45) is 0 Å². The molecule has 1 fully saturated rings. The Hall–Kier alpha value is -1.27. The van der Waals surface area contributed by atoms with Gasteiger partial charge in [0.1, 0.15) is 6.10 Å². The minimum atomic E-state index is 0.0915. The van der Waals surface area contributed by atoms with Crippen LogP contribution < -0.4 is 4.74 Å². The van der Waals surface area contributed by atoms with Crippen molar-refractivity contribution >= 4 is 17.8 Å². The van der Waals surface area contributed by atoms with Crippen LogP contribution in [0.4, 0.5) is 0 Å². The van der Waals surface area contributed by atoms with E-state index in [1.807, 2.05) is 19.3 Å². The predicted octanol–water partition coefficient (Wildman–Crippen LogP) is 1.98. The first-order chi connectivity index (χ1) is 8.83. The lowest BCUT2D eigenvalue weighted by Crippen LogP contribution is -2.39. The van der Waals surface area contributed by atoms with Crippen LogP contribution in [0.5, 0.6) is 5.88 Å². The molecule has 18 heavy (non-hydrogen) atoms. The number of ether oxygens (including phenoxy) is 3. The molecule has 6 heteroatoms. The predicted molar refractivity (Wildman–Crippen MR) is 69.7 cm³/mol. The quantitative estimate of drug-likeness (QED) is 0.447. The fourth-order valence-corrected chi connectivity index (χ4v) is 1.66. The van der Waals surface area contributed by atoms with E-state index in [-0.39, 0.29) is 6.10 Å². The van der Waals surface area contributed by atoms with Crippen molar-refractivity contribution in [3.05, 3.63) is 18.0 Å². The molecular formula is C12H16N2O3S. The fourth-order valence-electron chi connectivity index (χ4n) is 1.32. The van der Waals surface area contributed by atoms with Gasteiger partial charge in [0.15, 0.2) is 5.16 Å². The summed E-state index contributed by atoms with van der Waals surface area (Å²) in [6.07, 6.45) is 7.20. The molecule has 5 nitrogen and oxygen atoms in total. The smallest absolute Gasteiger partial charge is 0.225 e. The van der Waals surface area contributed by atoms with Gasteiger partial charge in [-0.1, -0.05) is 11.8 Å². The Morgan fingerprint density at radius 2 is 2.39 bits per heavy atom. The fraction of sp³-hybridized carbons (Fsp3) is 0.500. The molecule has 0 aliphatic carbocycles. The lowest BCUT2D eigenvalue weighted by atomic mass is 10.3. The lowest BCUT2D eigenvalue weighted by molar-refractivity contribution is -0.0816. The van der Waals surface area contributed by atoms with Gasteiger partial charge in [-0.2, -0.15) is 4.98 Å². The molecular weight excluding hydrogens is 252 g/mol. The van der Waals surface area contributed by atoms with Crippen molar-refractivity contribution in [3.8, 4) is 5.88 Å². The topological polar surface area (TPSA) is 53.5 Å². The van der Waals surface area contributed by atoms with E-state index >= 15 is 0 Å². The second kappa shape index (κ2) is 6.61. The average Bonchev–Trinajstić information content (AvgIpc) is 2.35. The normalized spacial score (nSPS) is 15.7. The van der Waals surface area contributed by atoms with Crippen LogP contribution in [-0.4, -0.2) is 42.1 Å². The SMILES string of the molecule is CCOC=Cc1cnc(SC)nc1OC1COC1. The molecule has 0 saturated carbocycles.